The van der Waals surface area contributed by atoms with E-state index in [4.69, 9.17) is 9.84 Å². The number of aliphatic hydroxyl groups is 1. The van der Waals surface area contributed by atoms with E-state index in [1.807, 2.05) is 20.8 Å². The van der Waals surface area contributed by atoms with E-state index in [2.05, 4.69) is 0 Å². The normalized spacial score (nSPS) is 12.0. The summed E-state index contributed by atoms with van der Waals surface area (Å²) >= 11 is 0. The van der Waals surface area contributed by atoms with Crippen LogP contribution in [0.25, 0.3) is 0 Å². The van der Waals surface area contributed by atoms with E-state index in [9.17, 15) is 4.79 Å². The van der Waals surface area contributed by atoms with Crippen molar-refractivity contribution in [3.63, 3.8) is 0 Å². The van der Waals surface area contributed by atoms with Crippen molar-refractivity contribution in [1.82, 2.24) is 0 Å². The molecule has 13 heavy (non-hydrogen) atoms. The monoisotopic (exact) mass is 186 g/mol. The first-order chi connectivity index (χ1) is 6.10. The quantitative estimate of drug-likeness (QED) is 0.523. The number of allylic oxidation sites excluding steroid dienone is 1. The van der Waals surface area contributed by atoms with Gasteiger partial charge in [-0.05, 0) is 20.3 Å². The van der Waals surface area contributed by atoms with Gasteiger partial charge in [0.25, 0.3) is 0 Å². The summed E-state index contributed by atoms with van der Waals surface area (Å²) < 4.78 is 4.92. The molecule has 0 aromatic carbocycles. The number of hydrogen-bond donors (Lipinski definition) is 1. The van der Waals surface area contributed by atoms with Crippen LogP contribution in [-0.4, -0.2) is 24.3 Å². The zero-order valence-electron chi connectivity index (χ0n) is 8.54. The summed E-state index contributed by atoms with van der Waals surface area (Å²) in [5, 5.41) is 8.81. The van der Waals surface area contributed by atoms with Crippen LogP contribution in [0.3, 0.4) is 0 Å². The summed E-state index contributed by atoms with van der Waals surface area (Å²) in [6.07, 6.45) is 2.27. The third kappa shape index (κ3) is 6.34. The van der Waals surface area contributed by atoms with Crippen LogP contribution in [0.15, 0.2) is 11.6 Å². The Morgan fingerprint density at radius 3 is 2.54 bits per heavy atom. The molecular formula is C10H18O3. The molecule has 0 aromatic heterocycles. The largest absolute Gasteiger partial charge is 0.462 e. The average molecular weight is 186 g/mol. The molecule has 0 saturated carbocycles. The maximum absolute atomic E-state index is 11.0. The Balaban J connectivity index is 3.75. The Labute approximate surface area is 79.4 Å². The van der Waals surface area contributed by atoms with Crippen LogP contribution < -0.4 is 0 Å². The number of ether oxygens (including phenoxy) is 1. The predicted octanol–water partition coefficient (Wildman–Crippen LogP) is 1.51. The fourth-order valence-electron chi connectivity index (χ4n) is 0.777. The van der Waals surface area contributed by atoms with E-state index in [1.165, 1.54) is 6.08 Å². The molecule has 3 nitrogen and oxygen atoms in total. The summed E-state index contributed by atoms with van der Waals surface area (Å²) in [7, 11) is 0. The SMILES string of the molecule is CCC(CO)COC(=O)C=C(C)C. The molecule has 0 rings (SSSR count). The maximum atomic E-state index is 11.0. The summed E-state index contributed by atoms with van der Waals surface area (Å²) in [6.45, 7) is 6.00. The second-order valence-corrected chi connectivity index (χ2v) is 3.31. The minimum atomic E-state index is -0.327. The van der Waals surface area contributed by atoms with Gasteiger partial charge in [0, 0.05) is 18.6 Å². The summed E-state index contributed by atoms with van der Waals surface area (Å²) in [5.74, 6) is -0.263. The van der Waals surface area contributed by atoms with E-state index < -0.39 is 0 Å². The Morgan fingerprint density at radius 1 is 1.54 bits per heavy atom. The molecule has 0 aliphatic heterocycles. The van der Waals surface area contributed by atoms with Crippen LogP contribution in [-0.2, 0) is 9.53 Å². The molecule has 0 aliphatic carbocycles. The van der Waals surface area contributed by atoms with Crippen LogP contribution in [0.1, 0.15) is 27.2 Å². The lowest BCUT2D eigenvalue weighted by molar-refractivity contribution is -0.139. The van der Waals surface area contributed by atoms with Crippen LogP contribution in [0.4, 0.5) is 0 Å². The van der Waals surface area contributed by atoms with Gasteiger partial charge in [0.15, 0.2) is 0 Å². The Bertz CT molecular complexity index is 177. The van der Waals surface area contributed by atoms with Gasteiger partial charge in [-0.25, -0.2) is 4.79 Å². The second-order valence-electron chi connectivity index (χ2n) is 3.31. The van der Waals surface area contributed by atoms with E-state index in [0.717, 1.165) is 12.0 Å². The Hall–Kier alpha value is -0.830. The van der Waals surface area contributed by atoms with Crippen molar-refractivity contribution < 1.29 is 14.6 Å². The fraction of sp³-hybridized carbons (Fsp3) is 0.700. The number of esters is 1. The van der Waals surface area contributed by atoms with Crippen molar-refractivity contribution in [2.45, 2.75) is 27.2 Å². The van der Waals surface area contributed by atoms with Crippen molar-refractivity contribution in [2.75, 3.05) is 13.2 Å². The summed E-state index contributed by atoms with van der Waals surface area (Å²) in [6, 6.07) is 0. The fourth-order valence-corrected chi connectivity index (χ4v) is 0.777. The highest BCUT2D eigenvalue weighted by molar-refractivity contribution is 5.82. The third-order valence-corrected chi connectivity index (χ3v) is 1.70. The number of carbonyl (C=O) groups is 1. The first kappa shape index (κ1) is 12.2. The Kier molecular flexibility index (Phi) is 6.24. The molecule has 0 fully saturated rings. The molecular weight excluding hydrogens is 168 g/mol. The molecule has 0 aliphatic rings. The predicted molar refractivity (Wildman–Crippen MR) is 51.3 cm³/mol. The highest BCUT2D eigenvalue weighted by atomic mass is 16.5. The van der Waals surface area contributed by atoms with Gasteiger partial charge < -0.3 is 9.84 Å². The lowest BCUT2D eigenvalue weighted by atomic mass is 10.1. The van der Waals surface area contributed by atoms with Crippen molar-refractivity contribution in [2.24, 2.45) is 5.92 Å². The van der Waals surface area contributed by atoms with Crippen LogP contribution in [0.5, 0.6) is 0 Å². The van der Waals surface area contributed by atoms with Gasteiger partial charge in [-0.15, -0.1) is 0 Å². The van der Waals surface area contributed by atoms with Crippen molar-refractivity contribution in [1.29, 1.82) is 0 Å². The van der Waals surface area contributed by atoms with Gasteiger partial charge in [-0.1, -0.05) is 12.5 Å². The highest BCUT2D eigenvalue weighted by Crippen LogP contribution is 2.02. The van der Waals surface area contributed by atoms with Crippen molar-refractivity contribution in [3.8, 4) is 0 Å². The molecule has 0 amide bonds. The van der Waals surface area contributed by atoms with Crippen LogP contribution in [0, 0.1) is 5.92 Å². The molecule has 0 radical (unpaired) electrons. The third-order valence-electron chi connectivity index (χ3n) is 1.70. The van der Waals surface area contributed by atoms with Gasteiger partial charge in [0.2, 0.25) is 0 Å². The molecule has 1 N–H and O–H groups in total. The van der Waals surface area contributed by atoms with Gasteiger partial charge in [0.1, 0.15) is 0 Å². The molecule has 0 aromatic rings. The zero-order chi connectivity index (χ0) is 10.3. The van der Waals surface area contributed by atoms with E-state index in [1.54, 1.807) is 0 Å². The van der Waals surface area contributed by atoms with E-state index >= 15 is 0 Å². The van der Waals surface area contributed by atoms with E-state index in [0.29, 0.717) is 6.61 Å². The van der Waals surface area contributed by atoms with Gasteiger partial charge in [0.05, 0.1) is 6.61 Å². The maximum Gasteiger partial charge on any atom is 0.330 e. The second kappa shape index (κ2) is 6.66. The summed E-state index contributed by atoms with van der Waals surface area (Å²) in [4.78, 5) is 11.0. The van der Waals surface area contributed by atoms with Crippen LogP contribution >= 0.6 is 0 Å². The smallest absolute Gasteiger partial charge is 0.330 e. The average Bonchev–Trinajstić information content (AvgIpc) is 2.05. The summed E-state index contributed by atoms with van der Waals surface area (Å²) in [5.41, 5.74) is 0.919. The molecule has 0 saturated heterocycles. The van der Waals surface area contributed by atoms with Gasteiger partial charge in [-0.2, -0.15) is 0 Å². The Morgan fingerprint density at radius 2 is 2.15 bits per heavy atom. The van der Waals surface area contributed by atoms with Crippen molar-refractivity contribution in [3.05, 3.63) is 11.6 Å². The standard InChI is InChI=1S/C10H18O3/c1-4-9(6-11)7-13-10(12)5-8(2)3/h5,9,11H,4,6-7H2,1-3H3. The molecule has 3 heteroatoms. The number of rotatable bonds is 5. The van der Waals surface area contributed by atoms with Crippen molar-refractivity contribution >= 4 is 5.97 Å². The molecule has 0 heterocycles. The minimum Gasteiger partial charge on any atom is -0.462 e. The molecule has 1 unspecified atom stereocenters. The number of hydrogen-bond acceptors (Lipinski definition) is 3. The highest BCUT2D eigenvalue weighted by Gasteiger charge is 2.06. The molecule has 1 atom stereocenters. The lowest BCUT2D eigenvalue weighted by Crippen LogP contribution is -2.15. The molecule has 0 spiro atoms. The van der Waals surface area contributed by atoms with E-state index in [-0.39, 0.29) is 18.5 Å². The lowest BCUT2D eigenvalue weighted by Gasteiger charge is -2.10. The van der Waals surface area contributed by atoms with Gasteiger partial charge in [-0.3, -0.25) is 0 Å². The number of carbonyl (C=O) groups excluding carboxylic acids is 1. The number of aliphatic hydroxyl groups excluding tert-OH is 1. The topological polar surface area (TPSA) is 46.5 Å². The molecule has 0 bridgehead atoms. The van der Waals surface area contributed by atoms with Crippen LogP contribution in [0.2, 0.25) is 0 Å². The first-order valence-electron chi connectivity index (χ1n) is 4.52. The first-order valence-corrected chi connectivity index (χ1v) is 4.52. The zero-order valence-corrected chi connectivity index (χ0v) is 8.54. The molecule has 76 valence electrons. The van der Waals surface area contributed by atoms with Gasteiger partial charge >= 0.3 is 5.97 Å². The minimum absolute atomic E-state index is 0.0644.